The fraction of sp³-hybridized carbons (Fsp3) is 0.759. The van der Waals surface area contributed by atoms with Crippen LogP contribution in [0.3, 0.4) is 0 Å². The van der Waals surface area contributed by atoms with E-state index in [9.17, 15) is 9.90 Å². The minimum Gasteiger partial charge on any atom is -0.385 e. The van der Waals surface area contributed by atoms with E-state index >= 15 is 4.39 Å². The van der Waals surface area contributed by atoms with Gasteiger partial charge in [-0.05, 0) is 76.4 Å². The normalized spacial score (nSPS) is 23.9. The van der Waals surface area contributed by atoms with Gasteiger partial charge in [-0.15, -0.1) is 0 Å². The molecule has 0 radical (unpaired) electrons. The Bertz CT molecular complexity index is 832. The minimum absolute atomic E-state index is 0.134. The molecule has 1 aromatic rings. The molecular formula is C29H48FN3O3. The number of likely N-dealkylation sites (tertiary alicyclic amines) is 1. The van der Waals surface area contributed by atoms with E-state index in [0.29, 0.717) is 43.0 Å². The van der Waals surface area contributed by atoms with Gasteiger partial charge in [-0.1, -0.05) is 50.3 Å². The molecule has 7 heteroatoms. The fourth-order valence-corrected chi connectivity index (χ4v) is 6.98. The fourth-order valence-electron chi connectivity index (χ4n) is 6.98. The molecular weight excluding hydrogens is 457 g/mol. The number of nitrogens with zero attached hydrogens (tertiary/aromatic N) is 1. The highest BCUT2D eigenvalue weighted by Crippen LogP contribution is 2.47. The summed E-state index contributed by atoms with van der Waals surface area (Å²) in [5, 5.41) is 15.9. The van der Waals surface area contributed by atoms with E-state index in [-0.39, 0.29) is 23.7 Å². The zero-order valence-corrected chi connectivity index (χ0v) is 22.6. The number of rotatable bonds is 12. The van der Waals surface area contributed by atoms with Gasteiger partial charge in [0.1, 0.15) is 5.82 Å². The lowest BCUT2D eigenvalue weighted by Gasteiger charge is -2.51. The van der Waals surface area contributed by atoms with Gasteiger partial charge in [0.2, 0.25) is 0 Å². The number of aliphatic hydroxyl groups is 1. The van der Waals surface area contributed by atoms with Crippen molar-refractivity contribution in [1.29, 1.82) is 0 Å². The van der Waals surface area contributed by atoms with Gasteiger partial charge in [-0.25, -0.2) is 9.18 Å². The summed E-state index contributed by atoms with van der Waals surface area (Å²) >= 11 is 0. The van der Waals surface area contributed by atoms with Crippen LogP contribution in [-0.4, -0.2) is 55.9 Å². The summed E-state index contributed by atoms with van der Waals surface area (Å²) < 4.78 is 20.9. The summed E-state index contributed by atoms with van der Waals surface area (Å²) in [5.74, 6) is 0.0906. The molecule has 6 nitrogen and oxygen atoms in total. The molecule has 2 fully saturated rings. The number of ether oxygens (including phenoxy) is 1. The first kappa shape index (κ1) is 28.9. The van der Waals surface area contributed by atoms with Gasteiger partial charge in [-0.2, -0.15) is 0 Å². The molecule has 1 aromatic carbocycles. The number of benzene rings is 1. The number of piperidine rings is 1. The number of unbranched alkanes of at least 4 members (excludes halogenated alkanes) is 1. The highest BCUT2D eigenvalue weighted by Gasteiger charge is 2.50. The minimum atomic E-state index is -1.40. The smallest absolute Gasteiger partial charge is 0.315 e. The molecule has 1 aliphatic heterocycles. The predicted octanol–water partition coefficient (Wildman–Crippen LogP) is 5.10. The second-order valence-electron chi connectivity index (χ2n) is 11.1. The number of halogens is 1. The summed E-state index contributed by atoms with van der Waals surface area (Å²) in [7, 11) is 3.61. The maximum Gasteiger partial charge on any atom is 0.315 e. The Kier molecular flexibility index (Phi) is 11.0. The number of urea groups is 1. The van der Waals surface area contributed by atoms with Crippen molar-refractivity contribution in [2.24, 2.45) is 23.5 Å². The molecule has 4 N–H and O–H groups in total. The van der Waals surface area contributed by atoms with Gasteiger partial charge >= 0.3 is 6.03 Å². The van der Waals surface area contributed by atoms with Gasteiger partial charge in [0.05, 0.1) is 5.60 Å². The first-order chi connectivity index (χ1) is 17.3. The molecule has 2 aliphatic rings. The molecule has 1 aliphatic carbocycles. The van der Waals surface area contributed by atoms with Crippen molar-refractivity contribution in [3.63, 3.8) is 0 Å². The van der Waals surface area contributed by atoms with Gasteiger partial charge in [0.25, 0.3) is 0 Å². The summed E-state index contributed by atoms with van der Waals surface area (Å²) in [6, 6.07) is 4.60. The van der Waals surface area contributed by atoms with Crippen LogP contribution in [0, 0.1) is 30.5 Å². The van der Waals surface area contributed by atoms with Gasteiger partial charge < -0.3 is 25.8 Å². The molecule has 0 bridgehead atoms. The SMILES string of the molecule is CNC[C@H](CC1CCCCC1)C1C([C@@](O)(CCCCOC)c2cccc(C)c2F)CCCN1C(N)=O. The second-order valence-corrected chi connectivity index (χ2v) is 11.1. The zero-order valence-electron chi connectivity index (χ0n) is 22.6. The van der Waals surface area contributed by atoms with E-state index in [2.05, 4.69) is 5.32 Å². The summed E-state index contributed by atoms with van der Waals surface area (Å²) in [4.78, 5) is 14.5. The number of primary amides is 1. The van der Waals surface area contributed by atoms with Crippen molar-refractivity contribution >= 4 is 6.03 Å². The van der Waals surface area contributed by atoms with Gasteiger partial charge in [-0.3, -0.25) is 0 Å². The third kappa shape index (κ3) is 6.78. The Balaban J connectivity index is 2.04. The third-order valence-electron chi connectivity index (χ3n) is 8.71. The number of hydrogen-bond acceptors (Lipinski definition) is 4. The van der Waals surface area contributed by atoms with Gasteiger partial charge in [0, 0.05) is 37.8 Å². The third-order valence-corrected chi connectivity index (χ3v) is 8.71. The lowest BCUT2D eigenvalue weighted by atomic mass is 9.65. The molecule has 36 heavy (non-hydrogen) atoms. The van der Waals surface area contributed by atoms with Crippen LogP contribution in [0.5, 0.6) is 0 Å². The average molecular weight is 506 g/mol. The highest BCUT2D eigenvalue weighted by atomic mass is 19.1. The van der Waals surface area contributed by atoms with E-state index in [1.54, 1.807) is 31.1 Å². The molecule has 1 heterocycles. The lowest BCUT2D eigenvalue weighted by molar-refractivity contribution is -0.0954. The Morgan fingerprint density at radius 1 is 1.25 bits per heavy atom. The topological polar surface area (TPSA) is 87.8 Å². The number of amides is 2. The molecule has 4 atom stereocenters. The van der Waals surface area contributed by atoms with Crippen LogP contribution in [0.1, 0.15) is 81.8 Å². The highest BCUT2D eigenvalue weighted by molar-refractivity contribution is 5.72. The van der Waals surface area contributed by atoms with Crippen molar-refractivity contribution in [3.8, 4) is 0 Å². The zero-order chi connectivity index (χ0) is 26.1. The van der Waals surface area contributed by atoms with E-state index in [4.69, 9.17) is 10.5 Å². The Hall–Kier alpha value is -1.70. The van der Waals surface area contributed by atoms with Crippen LogP contribution in [0.15, 0.2) is 18.2 Å². The maximum atomic E-state index is 15.6. The number of nitrogens with two attached hydrogens (primary N) is 1. The molecule has 0 aromatic heterocycles. The first-order valence-electron chi connectivity index (χ1n) is 14.0. The van der Waals surface area contributed by atoms with Crippen LogP contribution in [0.4, 0.5) is 9.18 Å². The lowest BCUT2D eigenvalue weighted by Crippen LogP contribution is -2.60. The van der Waals surface area contributed by atoms with E-state index in [0.717, 1.165) is 32.2 Å². The van der Waals surface area contributed by atoms with E-state index in [1.165, 1.54) is 32.1 Å². The van der Waals surface area contributed by atoms with Gasteiger partial charge in [0.15, 0.2) is 0 Å². The molecule has 1 saturated carbocycles. The summed E-state index contributed by atoms with van der Waals surface area (Å²) in [5.41, 5.74) is 5.43. The van der Waals surface area contributed by atoms with Crippen LogP contribution >= 0.6 is 0 Å². The largest absolute Gasteiger partial charge is 0.385 e. The maximum absolute atomic E-state index is 15.6. The number of carbonyl (C=O) groups excluding carboxylic acids is 1. The van der Waals surface area contributed by atoms with Crippen LogP contribution < -0.4 is 11.1 Å². The van der Waals surface area contributed by atoms with Crippen LogP contribution in [0.2, 0.25) is 0 Å². The number of carbonyl (C=O) groups is 1. The first-order valence-corrected chi connectivity index (χ1v) is 14.0. The molecule has 1 saturated heterocycles. The molecule has 0 spiro atoms. The van der Waals surface area contributed by atoms with Crippen molar-refractivity contribution in [2.75, 3.05) is 33.9 Å². The van der Waals surface area contributed by atoms with Crippen LogP contribution in [-0.2, 0) is 10.3 Å². The predicted molar refractivity (Wildman–Crippen MR) is 142 cm³/mol. The Morgan fingerprint density at radius 3 is 2.67 bits per heavy atom. The molecule has 2 unspecified atom stereocenters. The van der Waals surface area contributed by atoms with Crippen molar-refractivity contribution < 1.29 is 19.0 Å². The standard InChI is InChI=1S/C29H48FN3O3/c1-21-11-9-14-24(26(21)30)29(35,16-7-8-18-36-3)25-15-10-17-33(28(31)34)27(25)23(20-32-2)19-22-12-5-4-6-13-22/h9,11,14,22-23,25,27,32,35H,4-8,10,12-13,15-20H2,1-3H3,(H2,31,34)/t23-,25?,27?,29+/m0/s1. The van der Waals surface area contributed by atoms with E-state index in [1.807, 2.05) is 13.1 Å². The monoisotopic (exact) mass is 505 g/mol. The molecule has 204 valence electrons. The number of hydrogen-bond donors (Lipinski definition) is 3. The molecule has 2 amide bonds. The number of aryl methyl sites for hydroxylation is 1. The van der Waals surface area contributed by atoms with E-state index < -0.39 is 11.6 Å². The quantitative estimate of drug-likeness (QED) is 0.345. The number of methoxy groups -OCH3 is 1. The molecule has 3 rings (SSSR count). The van der Waals surface area contributed by atoms with Crippen molar-refractivity contribution in [2.45, 2.75) is 89.2 Å². The average Bonchev–Trinajstić information content (AvgIpc) is 2.88. The van der Waals surface area contributed by atoms with Crippen LogP contribution in [0.25, 0.3) is 0 Å². The summed E-state index contributed by atoms with van der Waals surface area (Å²) in [6.07, 6.45) is 10.6. The summed E-state index contributed by atoms with van der Waals surface area (Å²) in [6.45, 7) is 3.65. The Morgan fingerprint density at radius 2 is 2.00 bits per heavy atom. The van der Waals surface area contributed by atoms with Crippen molar-refractivity contribution in [1.82, 2.24) is 10.2 Å². The van der Waals surface area contributed by atoms with Crippen molar-refractivity contribution in [3.05, 3.63) is 35.1 Å². The second kappa shape index (κ2) is 13.7. The Labute approximate surface area is 217 Å². The number of nitrogens with one attached hydrogen (secondary N) is 1.